The highest BCUT2D eigenvalue weighted by Crippen LogP contribution is 2.30. The Labute approximate surface area is 131 Å². The van der Waals surface area contributed by atoms with E-state index in [1.165, 1.54) is 0 Å². The first-order valence-electron chi connectivity index (χ1n) is 7.41. The molecule has 0 aliphatic rings. The minimum Gasteiger partial charge on any atom is -0.492 e. The number of fused-ring (bicyclic) bond motifs is 1. The van der Waals surface area contributed by atoms with Gasteiger partial charge in [-0.1, -0.05) is 6.07 Å². The van der Waals surface area contributed by atoms with Crippen molar-refractivity contribution in [3.05, 3.63) is 24.0 Å². The molecule has 2 aromatic rings. The molecule has 0 N–H and O–H groups in total. The first-order valence-corrected chi connectivity index (χ1v) is 7.95. The number of imidazole rings is 1. The van der Waals surface area contributed by atoms with E-state index in [4.69, 9.17) is 21.3 Å². The van der Waals surface area contributed by atoms with Gasteiger partial charge in [-0.15, -0.1) is 11.6 Å². The lowest BCUT2D eigenvalue weighted by Gasteiger charge is -2.19. The summed E-state index contributed by atoms with van der Waals surface area (Å²) in [5, 5.41) is 0. The van der Waals surface area contributed by atoms with Crippen molar-refractivity contribution in [2.45, 2.75) is 32.2 Å². The van der Waals surface area contributed by atoms with Crippen molar-refractivity contribution < 1.29 is 4.74 Å². The number of aromatic nitrogens is 2. The van der Waals surface area contributed by atoms with Gasteiger partial charge in [0.15, 0.2) is 0 Å². The van der Waals surface area contributed by atoms with Crippen molar-refractivity contribution in [1.29, 1.82) is 0 Å². The predicted octanol–water partition coefficient (Wildman–Crippen LogP) is 3.69. The first-order chi connectivity index (χ1) is 10.1. The molecule has 0 aliphatic carbocycles. The van der Waals surface area contributed by atoms with Gasteiger partial charge in [-0.2, -0.15) is 0 Å². The number of halogens is 1. The summed E-state index contributed by atoms with van der Waals surface area (Å²) in [5.74, 6) is 2.15. The zero-order valence-electron chi connectivity index (χ0n) is 13.3. The van der Waals surface area contributed by atoms with Gasteiger partial charge in [0.1, 0.15) is 17.1 Å². The SMILES string of the molecule is CCOc1cccc2c1nc(CCl)n2C(C)CCN(C)C. The van der Waals surface area contributed by atoms with Crippen LogP contribution in [0, 0.1) is 0 Å². The van der Waals surface area contributed by atoms with Crippen molar-refractivity contribution in [1.82, 2.24) is 14.5 Å². The lowest BCUT2D eigenvalue weighted by atomic mass is 10.2. The molecule has 5 heteroatoms. The molecule has 1 atom stereocenters. The number of hydrogen-bond acceptors (Lipinski definition) is 3. The van der Waals surface area contributed by atoms with E-state index in [9.17, 15) is 0 Å². The first kappa shape index (κ1) is 16.1. The summed E-state index contributed by atoms with van der Waals surface area (Å²) in [5.41, 5.74) is 2.01. The largest absolute Gasteiger partial charge is 0.492 e. The van der Waals surface area contributed by atoms with E-state index in [1.807, 2.05) is 19.1 Å². The molecule has 0 radical (unpaired) electrons. The number of alkyl halides is 1. The Morgan fingerprint density at radius 2 is 2.14 bits per heavy atom. The molecule has 0 spiro atoms. The molecule has 116 valence electrons. The van der Waals surface area contributed by atoms with Gasteiger partial charge < -0.3 is 14.2 Å². The number of rotatable bonds is 7. The summed E-state index contributed by atoms with van der Waals surface area (Å²) in [7, 11) is 4.18. The minimum absolute atomic E-state index is 0.350. The summed E-state index contributed by atoms with van der Waals surface area (Å²) >= 11 is 6.11. The third kappa shape index (κ3) is 3.50. The molecule has 0 bridgehead atoms. The highest BCUT2D eigenvalue weighted by molar-refractivity contribution is 6.16. The van der Waals surface area contributed by atoms with Gasteiger partial charge in [-0.3, -0.25) is 0 Å². The second kappa shape index (κ2) is 7.14. The van der Waals surface area contributed by atoms with Crippen molar-refractivity contribution in [3.8, 4) is 5.75 Å². The highest BCUT2D eigenvalue weighted by atomic mass is 35.5. The second-order valence-electron chi connectivity index (χ2n) is 5.53. The van der Waals surface area contributed by atoms with E-state index in [-0.39, 0.29) is 0 Å². The molecule has 21 heavy (non-hydrogen) atoms. The van der Waals surface area contributed by atoms with Gasteiger partial charge in [0.2, 0.25) is 0 Å². The van der Waals surface area contributed by atoms with Crippen molar-refractivity contribution in [2.24, 2.45) is 0 Å². The van der Waals surface area contributed by atoms with Crippen molar-refractivity contribution >= 4 is 22.6 Å². The summed E-state index contributed by atoms with van der Waals surface area (Å²) in [6.07, 6.45) is 1.06. The van der Waals surface area contributed by atoms with Gasteiger partial charge in [0.25, 0.3) is 0 Å². The Bertz CT molecular complexity index is 594. The highest BCUT2D eigenvalue weighted by Gasteiger charge is 2.17. The molecule has 0 aliphatic heterocycles. The Morgan fingerprint density at radius 3 is 2.76 bits per heavy atom. The molecule has 0 saturated heterocycles. The Hall–Kier alpha value is -1.26. The minimum atomic E-state index is 0.350. The quantitative estimate of drug-likeness (QED) is 0.731. The fourth-order valence-electron chi connectivity index (χ4n) is 2.57. The van der Waals surface area contributed by atoms with Crippen molar-refractivity contribution in [3.63, 3.8) is 0 Å². The number of hydrogen-bond donors (Lipinski definition) is 0. The van der Waals surface area contributed by atoms with Crippen LogP contribution in [0.4, 0.5) is 0 Å². The zero-order valence-corrected chi connectivity index (χ0v) is 14.0. The van der Waals surface area contributed by atoms with Crippen LogP contribution < -0.4 is 4.74 Å². The van der Waals surface area contributed by atoms with Crippen LogP contribution in [0.15, 0.2) is 18.2 Å². The maximum absolute atomic E-state index is 6.11. The van der Waals surface area contributed by atoms with E-state index < -0.39 is 0 Å². The van der Waals surface area contributed by atoms with E-state index in [0.29, 0.717) is 18.5 Å². The molecule has 4 nitrogen and oxygen atoms in total. The Balaban J connectivity index is 2.43. The van der Waals surface area contributed by atoms with E-state index in [0.717, 1.165) is 35.6 Å². The number of benzene rings is 1. The van der Waals surface area contributed by atoms with Crippen LogP contribution >= 0.6 is 11.6 Å². The lowest BCUT2D eigenvalue weighted by Crippen LogP contribution is -2.18. The van der Waals surface area contributed by atoms with Crippen molar-refractivity contribution in [2.75, 3.05) is 27.2 Å². The maximum atomic E-state index is 6.11. The van der Waals surface area contributed by atoms with Crippen LogP contribution in [0.3, 0.4) is 0 Å². The normalized spacial score (nSPS) is 13.0. The number of ether oxygens (including phenoxy) is 1. The topological polar surface area (TPSA) is 30.3 Å². The van der Waals surface area contributed by atoms with Gasteiger partial charge >= 0.3 is 0 Å². The molecule has 2 rings (SSSR count). The summed E-state index contributed by atoms with van der Waals surface area (Å²) in [4.78, 5) is 6.89. The summed E-state index contributed by atoms with van der Waals surface area (Å²) in [6.45, 7) is 5.87. The fourth-order valence-corrected chi connectivity index (χ4v) is 2.76. The fraction of sp³-hybridized carbons (Fsp3) is 0.562. The number of nitrogens with zero attached hydrogens (tertiary/aromatic N) is 3. The van der Waals surface area contributed by atoms with Gasteiger partial charge in [0.05, 0.1) is 18.0 Å². The smallest absolute Gasteiger partial charge is 0.147 e. The molecule has 1 aromatic heterocycles. The molecule has 1 heterocycles. The van der Waals surface area contributed by atoms with Crippen LogP contribution in [0.1, 0.15) is 32.1 Å². The van der Waals surface area contributed by atoms with Gasteiger partial charge in [0, 0.05) is 6.04 Å². The standard InChI is InChI=1S/C16H24ClN3O/c1-5-21-14-8-6-7-13-16(14)18-15(11-17)20(13)12(2)9-10-19(3)4/h6-8,12H,5,9-11H2,1-4H3. The third-order valence-corrected chi connectivity index (χ3v) is 3.85. The Morgan fingerprint density at radius 1 is 1.38 bits per heavy atom. The summed E-state index contributed by atoms with van der Waals surface area (Å²) in [6, 6.07) is 6.42. The van der Waals surface area contributed by atoms with Crippen LogP contribution in [-0.2, 0) is 5.88 Å². The molecular weight excluding hydrogens is 286 g/mol. The van der Waals surface area contributed by atoms with E-state index >= 15 is 0 Å². The van der Waals surface area contributed by atoms with Crippen LogP contribution in [0.5, 0.6) is 5.75 Å². The average Bonchev–Trinajstić information content (AvgIpc) is 2.84. The number of para-hydroxylation sites is 1. The van der Waals surface area contributed by atoms with Crippen LogP contribution in [0.2, 0.25) is 0 Å². The van der Waals surface area contributed by atoms with Gasteiger partial charge in [-0.25, -0.2) is 4.98 Å². The third-order valence-electron chi connectivity index (χ3n) is 3.61. The maximum Gasteiger partial charge on any atom is 0.147 e. The molecule has 0 saturated carbocycles. The lowest BCUT2D eigenvalue weighted by molar-refractivity contribution is 0.343. The average molecular weight is 310 g/mol. The van der Waals surface area contributed by atoms with Gasteiger partial charge in [-0.05, 0) is 53.0 Å². The van der Waals surface area contributed by atoms with Crippen LogP contribution in [-0.4, -0.2) is 41.7 Å². The monoisotopic (exact) mass is 309 g/mol. The predicted molar refractivity (Wildman–Crippen MR) is 88.3 cm³/mol. The molecule has 1 aromatic carbocycles. The molecule has 0 fully saturated rings. The Kier molecular flexibility index (Phi) is 5.48. The van der Waals surface area contributed by atoms with Crippen LogP contribution in [0.25, 0.3) is 11.0 Å². The van der Waals surface area contributed by atoms with E-state index in [2.05, 4.69) is 36.6 Å². The zero-order chi connectivity index (χ0) is 15.4. The second-order valence-corrected chi connectivity index (χ2v) is 5.80. The summed E-state index contributed by atoms with van der Waals surface area (Å²) < 4.78 is 7.93. The molecular formula is C16H24ClN3O. The van der Waals surface area contributed by atoms with E-state index in [1.54, 1.807) is 0 Å². The molecule has 1 unspecified atom stereocenters. The molecule has 0 amide bonds.